The predicted octanol–water partition coefficient (Wildman–Crippen LogP) is 22.8. The highest BCUT2D eigenvalue weighted by Gasteiger charge is 2.30. The molecule has 5 atom stereocenters. The Balaban J connectivity index is 5.28. The number of unbranched alkanes of at least 4 members (excludes halogenated alkanes) is 45. The molecule has 0 aliphatic carbocycles. The maximum atomic E-state index is 13.1. The standard InChI is InChI=1S/C78H148O17P2/c1-6-9-12-15-18-21-24-27-30-33-35-38-41-46-51-56-61-75(80)88-67-73(94-77(82)64-59-54-48-43-40-37-34-31-28-25-22-19-16-13-10-7-2)69-92-96(84,85)90-65-72(79)66-91-97(86,87)93-70-74(68-89-76(81)62-57-52-49-44-45-50-55-60-71(4)5)95-78(83)63-58-53-47-42-39-36-32-29-26-23-20-17-14-11-8-3/h23,26,29,32,71-74,79H,6-22,24-25,27-28,30-31,33-70H2,1-5H3,(H,84,85)(H,86,87)/b26-23-,32-29-/t72-,73-,74-/m1/s1. The van der Waals surface area contributed by atoms with Gasteiger partial charge in [-0.25, -0.2) is 9.13 Å². The summed E-state index contributed by atoms with van der Waals surface area (Å²) in [6, 6.07) is 0. The van der Waals surface area contributed by atoms with Crippen LogP contribution in [0.3, 0.4) is 0 Å². The van der Waals surface area contributed by atoms with Gasteiger partial charge < -0.3 is 33.8 Å². The van der Waals surface area contributed by atoms with E-state index >= 15 is 0 Å². The van der Waals surface area contributed by atoms with E-state index in [1.807, 2.05) is 0 Å². The van der Waals surface area contributed by atoms with Gasteiger partial charge in [0, 0.05) is 25.7 Å². The molecule has 97 heavy (non-hydrogen) atoms. The highest BCUT2D eigenvalue weighted by molar-refractivity contribution is 7.47. The molecule has 0 aromatic rings. The third-order valence-electron chi connectivity index (χ3n) is 17.7. The van der Waals surface area contributed by atoms with Crippen molar-refractivity contribution >= 4 is 39.5 Å². The summed E-state index contributed by atoms with van der Waals surface area (Å²) in [6.45, 7) is 7.19. The number of aliphatic hydroxyl groups excluding tert-OH is 1. The molecule has 0 radical (unpaired) electrons. The van der Waals surface area contributed by atoms with Gasteiger partial charge in [-0.2, -0.15) is 0 Å². The second-order valence-corrected chi connectivity index (χ2v) is 30.8. The van der Waals surface area contributed by atoms with E-state index in [1.165, 1.54) is 193 Å². The third kappa shape index (κ3) is 71.7. The largest absolute Gasteiger partial charge is 0.472 e. The minimum absolute atomic E-state index is 0.0846. The number of phosphoric ester groups is 2. The van der Waals surface area contributed by atoms with E-state index in [0.717, 1.165) is 109 Å². The van der Waals surface area contributed by atoms with E-state index in [4.69, 9.17) is 37.0 Å². The lowest BCUT2D eigenvalue weighted by Crippen LogP contribution is -2.30. The van der Waals surface area contributed by atoms with Crippen LogP contribution < -0.4 is 0 Å². The van der Waals surface area contributed by atoms with Crippen LogP contribution in [0.5, 0.6) is 0 Å². The first-order valence-electron chi connectivity index (χ1n) is 40.0. The average Bonchev–Trinajstić information content (AvgIpc) is 1.01. The molecule has 0 aromatic heterocycles. The first kappa shape index (κ1) is 94.5. The SMILES string of the molecule is CCCCCC/C=C\C=C/CCCCCCCC(=O)O[C@H](COC(=O)CCCCCCCCCC(C)C)COP(=O)(O)OC[C@H](O)COP(=O)(O)OC[C@@H](COC(=O)CCCCCCCCCCCCCCCCCC)OC(=O)CCCCCCCCCCCCCCCCCC. The summed E-state index contributed by atoms with van der Waals surface area (Å²) in [5.74, 6) is -1.44. The van der Waals surface area contributed by atoms with E-state index < -0.39 is 97.5 Å². The van der Waals surface area contributed by atoms with E-state index in [-0.39, 0.29) is 25.7 Å². The zero-order valence-electron chi connectivity index (χ0n) is 62.7. The van der Waals surface area contributed by atoms with Gasteiger partial charge in [0.05, 0.1) is 26.4 Å². The van der Waals surface area contributed by atoms with Gasteiger partial charge in [0.15, 0.2) is 12.2 Å². The number of rotatable bonds is 76. The van der Waals surface area contributed by atoms with Gasteiger partial charge in [0.2, 0.25) is 0 Å². The van der Waals surface area contributed by atoms with Crippen molar-refractivity contribution in [1.29, 1.82) is 0 Å². The quantitative estimate of drug-likeness (QED) is 0.0169. The summed E-state index contributed by atoms with van der Waals surface area (Å²) in [6.07, 6.45) is 63.2. The van der Waals surface area contributed by atoms with Crippen molar-refractivity contribution in [3.63, 3.8) is 0 Å². The molecule has 0 aliphatic heterocycles. The summed E-state index contributed by atoms with van der Waals surface area (Å²) in [4.78, 5) is 72.9. The van der Waals surface area contributed by atoms with Gasteiger partial charge in [0.1, 0.15) is 19.3 Å². The number of allylic oxidation sites excluding steroid dienone is 4. The lowest BCUT2D eigenvalue weighted by molar-refractivity contribution is -0.161. The number of ether oxygens (including phenoxy) is 4. The Labute approximate surface area is 592 Å². The number of hydrogen-bond acceptors (Lipinski definition) is 15. The van der Waals surface area contributed by atoms with Crippen LogP contribution in [-0.2, 0) is 65.4 Å². The lowest BCUT2D eigenvalue weighted by atomic mass is 10.0. The number of carbonyl (C=O) groups excluding carboxylic acids is 4. The van der Waals surface area contributed by atoms with Gasteiger partial charge in [0.25, 0.3) is 0 Å². The van der Waals surface area contributed by atoms with Crippen molar-refractivity contribution in [3.8, 4) is 0 Å². The zero-order chi connectivity index (χ0) is 71.2. The van der Waals surface area contributed by atoms with E-state index in [9.17, 15) is 43.2 Å². The molecule has 17 nitrogen and oxygen atoms in total. The number of esters is 4. The van der Waals surface area contributed by atoms with Crippen molar-refractivity contribution in [3.05, 3.63) is 24.3 Å². The van der Waals surface area contributed by atoms with Crippen molar-refractivity contribution in [2.45, 2.75) is 406 Å². The Morgan fingerprint density at radius 3 is 0.845 bits per heavy atom. The molecule has 2 unspecified atom stereocenters. The van der Waals surface area contributed by atoms with Crippen LogP contribution in [0.2, 0.25) is 0 Å². The zero-order valence-corrected chi connectivity index (χ0v) is 64.5. The van der Waals surface area contributed by atoms with E-state index in [1.54, 1.807) is 0 Å². The van der Waals surface area contributed by atoms with Crippen LogP contribution in [0.4, 0.5) is 0 Å². The van der Waals surface area contributed by atoms with Gasteiger partial charge in [-0.3, -0.25) is 37.3 Å². The molecule has 0 saturated carbocycles. The lowest BCUT2D eigenvalue weighted by Gasteiger charge is -2.21. The molecule has 0 spiro atoms. The summed E-state index contributed by atoms with van der Waals surface area (Å²) >= 11 is 0. The summed E-state index contributed by atoms with van der Waals surface area (Å²) < 4.78 is 68.6. The van der Waals surface area contributed by atoms with Crippen molar-refractivity contribution < 1.29 is 80.2 Å². The van der Waals surface area contributed by atoms with Crippen LogP contribution in [0.15, 0.2) is 24.3 Å². The Bertz CT molecular complexity index is 1950. The summed E-state index contributed by atoms with van der Waals surface area (Å²) in [5.41, 5.74) is 0. The second-order valence-electron chi connectivity index (χ2n) is 27.9. The van der Waals surface area contributed by atoms with Crippen molar-refractivity contribution in [2.75, 3.05) is 39.6 Å². The smallest absolute Gasteiger partial charge is 0.462 e. The molecule has 0 bridgehead atoms. The predicted molar refractivity (Wildman–Crippen MR) is 395 cm³/mol. The Hall–Kier alpha value is -2.46. The molecule has 0 heterocycles. The fraction of sp³-hybridized carbons (Fsp3) is 0.897. The van der Waals surface area contributed by atoms with Crippen LogP contribution >= 0.6 is 15.6 Å². The van der Waals surface area contributed by atoms with Crippen LogP contribution in [-0.4, -0.2) is 96.7 Å². The molecular weight excluding hydrogens is 1270 g/mol. The van der Waals surface area contributed by atoms with Crippen molar-refractivity contribution in [1.82, 2.24) is 0 Å². The molecule has 572 valence electrons. The van der Waals surface area contributed by atoms with Crippen LogP contribution in [0.25, 0.3) is 0 Å². The van der Waals surface area contributed by atoms with Gasteiger partial charge in [-0.15, -0.1) is 0 Å². The number of aliphatic hydroxyl groups is 1. The monoisotopic (exact) mass is 1420 g/mol. The fourth-order valence-corrected chi connectivity index (χ4v) is 13.1. The molecule has 3 N–H and O–H groups in total. The highest BCUT2D eigenvalue weighted by Crippen LogP contribution is 2.45. The molecule has 0 rings (SSSR count). The highest BCUT2D eigenvalue weighted by atomic mass is 31.2. The third-order valence-corrected chi connectivity index (χ3v) is 19.6. The van der Waals surface area contributed by atoms with Crippen molar-refractivity contribution in [2.24, 2.45) is 5.92 Å². The minimum atomic E-state index is -4.96. The number of phosphoric acid groups is 2. The number of hydrogen-bond donors (Lipinski definition) is 3. The van der Waals surface area contributed by atoms with Crippen LogP contribution in [0, 0.1) is 5.92 Å². The Morgan fingerprint density at radius 2 is 0.557 bits per heavy atom. The molecule has 0 amide bonds. The first-order chi connectivity index (χ1) is 47.0. The van der Waals surface area contributed by atoms with Crippen LogP contribution in [0.1, 0.15) is 388 Å². The molecular formula is C78H148O17P2. The minimum Gasteiger partial charge on any atom is -0.462 e. The summed E-state index contributed by atoms with van der Waals surface area (Å²) in [7, 11) is -9.93. The topological polar surface area (TPSA) is 237 Å². The maximum absolute atomic E-state index is 13.1. The van der Waals surface area contributed by atoms with E-state index in [2.05, 4.69) is 58.9 Å². The molecule has 0 saturated heterocycles. The second kappa shape index (κ2) is 70.6. The first-order valence-corrected chi connectivity index (χ1v) is 42.9. The Morgan fingerprint density at radius 1 is 0.320 bits per heavy atom. The average molecular weight is 1420 g/mol. The van der Waals surface area contributed by atoms with Gasteiger partial charge >= 0.3 is 39.5 Å². The fourth-order valence-electron chi connectivity index (χ4n) is 11.5. The van der Waals surface area contributed by atoms with Gasteiger partial charge in [-0.05, 0) is 57.3 Å². The van der Waals surface area contributed by atoms with Gasteiger partial charge in [-0.1, -0.05) is 335 Å². The molecule has 19 heteroatoms. The number of carbonyl (C=O) groups is 4. The molecule has 0 fully saturated rings. The molecule has 0 aliphatic rings. The van der Waals surface area contributed by atoms with E-state index in [0.29, 0.717) is 31.6 Å². The molecule has 0 aromatic carbocycles. The Kier molecular flexibility index (Phi) is 68.8. The summed E-state index contributed by atoms with van der Waals surface area (Å²) in [5, 5.41) is 10.6. The maximum Gasteiger partial charge on any atom is 0.472 e. The normalized spacial score (nSPS) is 14.1.